The first kappa shape index (κ1) is 21.0. The van der Waals surface area contributed by atoms with Crippen LogP contribution >= 0.6 is 0 Å². The van der Waals surface area contributed by atoms with Crippen LogP contribution in [0.5, 0.6) is 0 Å². The Morgan fingerprint density at radius 2 is 1.83 bits per heavy atom. The van der Waals surface area contributed by atoms with E-state index in [0.717, 1.165) is 13.0 Å². The Hall–Kier alpha value is -3.75. The highest BCUT2D eigenvalue weighted by molar-refractivity contribution is 6.09. The van der Waals surface area contributed by atoms with Gasteiger partial charge < -0.3 is 10.6 Å². The maximum Gasteiger partial charge on any atom is 0.274 e. The number of amides is 2. The average Bonchev–Trinajstić information content (AvgIpc) is 3.10. The van der Waals surface area contributed by atoms with Crippen LogP contribution in [0.25, 0.3) is 5.57 Å². The fourth-order valence-corrected chi connectivity index (χ4v) is 2.82. The molecule has 2 aromatic rings. The summed E-state index contributed by atoms with van der Waals surface area (Å²) in [7, 11) is 3.56. The second-order valence-corrected chi connectivity index (χ2v) is 6.88. The average molecular weight is 407 g/mol. The predicted octanol–water partition coefficient (Wildman–Crippen LogP) is 2.08. The summed E-state index contributed by atoms with van der Waals surface area (Å²) < 4.78 is 1.48. The van der Waals surface area contributed by atoms with Gasteiger partial charge in [-0.2, -0.15) is 10.2 Å². The van der Waals surface area contributed by atoms with Crippen molar-refractivity contribution in [3.05, 3.63) is 60.2 Å². The van der Waals surface area contributed by atoms with Gasteiger partial charge in [-0.25, -0.2) is 4.98 Å². The molecule has 2 amide bonds. The summed E-state index contributed by atoms with van der Waals surface area (Å²) in [5.41, 5.74) is 1.81. The molecule has 0 atom stereocenters. The van der Waals surface area contributed by atoms with Crippen molar-refractivity contribution >= 4 is 29.3 Å². The molecule has 0 saturated carbocycles. The molecule has 0 fully saturated rings. The van der Waals surface area contributed by atoms with E-state index in [1.807, 2.05) is 18.1 Å². The lowest BCUT2D eigenvalue weighted by atomic mass is 10.2. The summed E-state index contributed by atoms with van der Waals surface area (Å²) in [4.78, 5) is 29.6. The Balaban J connectivity index is 1.90. The standard InChI is InChI=1S/C21H25N7O2/c1-15-13-23-27(2)12-7-5-4-6-11-22-21(30)19-18(14-28(3)26-19)25-20(29)17-10-8-9-16(15)24-17/h4-5,8-10,13-14H,1,6-7,11-12H2,2-3H3,(H,22,30)(H,25,29)/b5-4+,23-13-. The Labute approximate surface area is 175 Å². The van der Waals surface area contributed by atoms with E-state index >= 15 is 0 Å². The molecule has 3 rings (SSSR count). The van der Waals surface area contributed by atoms with Crippen LogP contribution in [-0.2, 0) is 7.05 Å². The summed E-state index contributed by atoms with van der Waals surface area (Å²) in [6.07, 6.45) is 8.80. The number of pyridine rings is 1. The third kappa shape index (κ3) is 5.40. The van der Waals surface area contributed by atoms with Crippen LogP contribution in [0.3, 0.4) is 0 Å². The minimum atomic E-state index is -0.443. The summed E-state index contributed by atoms with van der Waals surface area (Å²) in [6.45, 7) is 5.19. The summed E-state index contributed by atoms with van der Waals surface area (Å²) in [5.74, 6) is -0.790. The molecule has 30 heavy (non-hydrogen) atoms. The number of fused-ring (bicyclic) bond motifs is 3. The number of allylic oxidation sites excluding steroid dienone is 1. The third-order valence-corrected chi connectivity index (χ3v) is 4.40. The summed E-state index contributed by atoms with van der Waals surface area (Å²) >= 11 is 0. The van der Waals surface area contributed by atoms with Gasteiger partial charge in [-0.05, 0) is 25.0 Å². The summed E-state index contributed by atoms with van der Waals surface area (Å²) in [5, 5.41) is 15.9. The zero-order valence-corrected chi connectivity index (χ0v) is 17.1. The lowest BCUT2D eigenvalue weighted by Crippen LogP contribution is -2.26. The minimum absolute atomic E-state index is 0.155. The lowest BCUT2D eigenvalue weighted by Gasteiger charge is -2.11. The van der Waals surface area contributed by atoms with Crippen molar-refractivity contribution in [2.75, 3.05) is 25.5 Å². The normalized spacial score (nSPS) is 18.3. The number of nitrogens with one attached hydrogen (secondary N) is 2. The molecule has 156 valence electrons. The number of rotatable bonds is 0. The topological polar surface area (TPSA) is 105 Å². The first-order chi connectivity index (χ1) is 14.4. The number of carbonyl (C=O) groups excluding carboxylic acids is 2. The fraction of sp³-hybridized carbons (Fsp3) is 0.286. The van der Waals surface area contributed by atoms with Crippen molar-refractivity contribution in [1.29, 1.82) is 0 Å². The molecule has 9 nitrogen and oxygen atoms in total. The van der Waals surface area contributed by atoms with Crippen LogP contribution < -0.4 is 10.6 Å². The molecule has 0 radical (unpaired) electrons. The highest BCUT2D eigenvalue weighted by Gasteiger charge is 2.19. The molecular formula is C21H25N7O2. The maximum absolute atomic E-state index is 12.7. The molecule has 2 aromatic heterocycles. The zero-order valence-electron chi connectivity index (χ0n) is 17.1. The van der Waals surface area contributed by atoms with Crippen LogP contribution in [0, 0.1) is 0 Å². The van der Waals surface area contributed by atoms with Crippen LogP contribution in [0.1, 0.15) is 39.5 Å². The number of carbonyl (C=O) groups is 2. The number of anilines is 1. The molecule has 0 unspecified atom stereocenters. The van der Waals surface area contributed by atoms with E-state index in [1.54, 1.807) is 37.7 Å². The van der Waals surface area contributed by atoms with Gasteiger partial charge in [0, 0.05) is 39.0 Å². The molecule has 0 spiro atoms. The number of hydrogen-bond acceptors (Lipinski definition) is 6. The smallest absolute Gasteiger partial charge is 0.274 e. The van der Waals surface area contributed by atoms with Crippen LogP contribution in [0.4, 0.5) is 5.69 Å². The van der Waals surface area contributed by atoms with E-state index < -0.39 is 5.91 Å². The number of aromatic nitrogens is 3. The van der Waals surface area contributed by atoms with Gasteiger partial charge in [-0.15, -0.1) is 0 Å². The molecule has 0 aliphatic carbocycles. The van der Waals surface area contributed by atoms with E-state index in [9.17, 15) is 9.59 Å². The Kier molecular flexibility index (Phi) is 6.74. The maximum atomic E-state index is 12.7. The molecule has 1 aliphatic rings. The van der Waals surface area contributed by atoms with Gasteiger partial charge in [0.05, 0.1) is 17.6 Å². The Morgan fingerprint density at radius 1 is 1.07 bits per heavy atom. The van der Waals surface area contributed by atoms with Crippen molar-refractivity contribution in [1.82, 2.24) is 25.1 Å². The minimum Gasteiger partial charge on any atom is -0.350 e. The highest BCUT2D eigenvalue weighted by Crippen LogP contribution is 2.15. The Morgan fingerprint density at radius 3 is 2.67 bits per heavy atom. The number of hydrogen-bond donors (Lipinski definition) is 2. The van der Waals surface area contributed by atoms with Crippen molar-refractivity contribution in [3.8, 4) is 0 Å². The second kappa shape index (κ2) is 9.64. The SMILES string of the molecule is C=C1/C=N\N(C)CC/C=C/CCNC(=O)c2nn(C)cc2NC(=O)c2cccc1n2. The molecule has 0 aromatic carbocycles. The van der Waals surface area contributed by atoms with Crippen molar-refractivity contribution in [2.24, 2.45) is 12.1 Å². The van der Waals surface area contributed by atoms with E-state index in [0.29, 0.717) is 29.9 Å². The van der Waals surface area contributed by atoms with E-state index in [-0.39, 0.29) is 17.3 Å². The first-order valence-corrected chi connectivity index (χ1v) is 9.63. The predicted molar refractivity (Wildman–Crippen MR) is 116 cm³/mol. The van der Waals surface area contributed by atoms with Gasteiger partial charge in [0.1, 0.15) is 5.69 Å². The third-order valence-electron chi connectivity index (χ3n) is 4.40. The molecule has 0 saturated heterocycles. The molecule has 1 aliphatic heterocycles. The zero-order chi connectivity index (χ0) is 21.5. The van der Waals surface area contributed by atoms with E-state index in [4.69, 9.17) is 0 Å². The van der Waals surface area contributed by atoms with Gasteiger partial charge in [0.2, 0.25) is 0 Å². The lowest BCUT2D eigenvalue weighted by molar-refractivity contribution is 0.0949. The first-order valence-electron chi connectivity index (χ1n) is 9.63. The number of hydrazone groups is 1. The van der Waals surface area contributed by atoms with Crippen LogP contribution in [0.2, 0.25) is 0 Å². The van der Waals surface area contributed by atoms with Crippen LogP contribution in [-0.4, -0.2) is 57.9 Å². The number of aryl methyl sites for hydroxylation is 1. The molecule has 2 N–H and O–H groups in total. The molecule has 9 heteroatoms. The molecular weight excluding hydrogens is 382 g/mol. The Bertz CT molecular complexity index is 1010. The summed E-state index contributed by atoms with van der Waals surface area (Å²) in [6, 6.07) is 5.09. The fourth-order valence-electron chi connectivity index (χ4n) is 2.82. The monoisotopic (exact) mass is 407 g/mol. The van der Waals surface area contributed by atoms with Crippen molar-refractivity contribution in [3.63, 3.8) is 0 Å². The van der Waals surface area contributed by atoms with Gasteiger partial charge in [0.25, 0.3) is 11.8 Å². The van der Waals surface area contributed by atoms with Crippen molar-refractivity contribution in [2.45, 2.75) is 12.8 Å². The molecule has 3 heterocycles. The van der Waals surface area contributed by atoms with Crippen molar-refractivity contribution < 1.29 is 9.59 Å². The van der Waals surface area contributed by atoms with E-state index in [1.165, 1.54) is 4.68 Å². The van der Waals surface area contributed by atoms with Gasteiger partial charge in [0.15, 0.2) is 5.69 Å². The van der Waals surface area contributed by atoms with Gasteiger partial charge >= 0.3 is 0 Å². The van der Waals surface area contributed by atoms with Crippen LogP contribution in [0.15, 0.2) is 48.2 Å². The molecule has 2 bridgehead atoms. The largest absolute Gasteiger partial charge is 0.350 e. The highest BCUT2D eigenvalue weighted by atomic mass is 16.2. The van der Waals surface area contributed by atoms with Gasteiger partial charge in [-0.1, -0.05) is 24.8 Å². The van der Waals surface area contributed by atoms with E-state index in [2.05, 4.69) is 38.5 Å². The second-order valence-electron chi connectivity index (χ2n) is 6.88. The van der Waals surface area contributed by atoms with Gasteiger partial charge in [-0.3, -0.25) is 19.3 Å². The number of nitrogens with zero attached hydrogens (tertiary/aromatic N) is 5. The quantitative estimate of drug-likeness (QED) is 0.651.